The number of rotatable bonds is 3. The van der Waals surface area contributed by atoms with E-state index in [-0.39, 0.29) is 0 Å². The second kappa shape index (κ2) is 4.30. The minimum absolute atomic E-state index is 0.511. The van der Waals surface area contributed by atoms with Gasteiger partial charge in [-0.3, -0.25) is 0 Å². The lowest BCUT2D eigenvalue weighted by Crippen LogP contribution is -2.02. The van der Waals surface area contributed by atoms with Crippen molar-refractivity contribution < 1.29 is 0 Å². The Morgan fingerprint density at radius 2 is 2.06 bits per heavy atom. The van der Waals surface area contributed by atoms with E-state index in [0.29, 0.717) is 6.04 Å². The number of nitrogens with two attached hydrogens (primary N) is 1. The summed E-state index contributed by atoms with van der Waals surface area (Å²) in [7, 11) is 0. The molecule has 0 spiro atoms. The van der Waals surface area contributed by atoms with E-state index in [2.05, 4.69) is 49.7 Å². The van der Waals surface area contributed by atoms with Crippen LogP contribution in [0.3, 0.4) is 0 Å². The highest BCUT2D eigenvalue weighted by Gasteiger charge is 2.08. The summed E-state index contributed by atoms with van der Waals surface area (Å²) in [6.07, 6.45) is 3.20. The van der Waals surface area contributed by atoms with Crippen molar-refractivity contribution in [1.29, 1.82) is 0 Å². The molecule has 16 heavy (non-hydrogen) atoms. The van der Waals surface area contributed by atoms with Crippen LogP contribution in [0.15, 0.2) is 24.4 Å². The Labute approximate surface area is 97.1 Å². The molecule has 0 saturated carbocycles. The zero-order chi connectivity index (χ0) is 11.7. The summed E-state index contributed by atoms with van der Waals surface area (Å²) in [5, 5.41) is 1.36. The van der Waals surface area contributed by atoms with Crippen molar-refractivity contribution in [3.8, 4) is 0 Å². The molecule has 0 amide bonds. The maximum atomic E-state index is 5.59. The fraction of sp³-hybridized carbons (Fsp3) is 0.429. The minimum Gasteiger partial charge on any atom is -0.345 e. The van der Waals surface area contributed by atoms with Crippen LogP contribution in [0.1, 0.15) is 31.0 Å². The van der Waals surface area contributed by atoms with Gasteiger partial charge in [0.25, 0.3) is 0 Å². The Morgan fingerprint density at radius 1 is 1.31 bits per heavy atom. The number of benzene rings is 1. The lowest BCUT2D eigenvalue weighted by molar-refractivity contribution is 0.622. The van der Waals surface area contributed by atoms with Crippen LogP contribution in [0.25, 0.3) is 10.9 Å². The lowest BCUT2D eigenvalue weighted by Gasteiger charge is -2.09. The molecule has 2 N–H and O–H groups in total. The van der Waals surface area contributed by atoms with Gasteiger partial charge in [-0.15, -0.1) is 0 Å². The molecule has 0 fully saturated rings. The Bertz CT molecular complexity index is 495. The van der Waals surface area contributed by atoms with Crippen LogP contribution in [0, 0.1) is 6.92 Å². The maximum Gasteiger partial charge on any atom is 0.0485 e. The van der Waals surface area contributed by atoms with Gasteiger partial charge in [-0.1, -0.05) is 6.07 Å². The van der Waals surface area contributed by atoms with Gasteiger partial charge in [0, 0.05) is 23.1 Å². The predicted octanol–water partition coefficient (Wildman–Crippen LogP) is 3.03. The zero-order valence-electron chi connectivity index (χ0n) is 10.3. The van der Waals surface area contributed by atoms with Crippen molar-refractivity contribution in [1.82, 2.24) is 4.57 Å². The first-order chi connectivity index (χ1) is 7.63. The smallest absolute Gasteiger partial charge is 0.0485 e. The van der Waals surface area contributed by atoms with Crippen LogP contribution in [0.4, 0.5) is 0 Å². The van der Waals surface area contributed by atoms with Gasteiger partial charge < -0.3 is 10.3 Å². The SMILES string of the molecule is Cc1cn(C(C)C)c2ccc(CCN)cc12. The van der Waals surface area contributed by atoms with E-state index < -0.39 is 0 Å². The largest absolute Gasteiger partial charge is 0.345 e. The Kier molecular flexibility index (Phi) is 3.01. The van der Waals surface area contributed by atoms with Gasteiger partial charge in [-0.05, 0) is 57.0 Å². The van der Waals surface area contributed by atoms with Gasteiger partial charge in [-0.25, -0.2) is 0 Å². The van der Waals surface area contributed by atoms with E-state index in [1.165, 1.54) is 22.0 Å². The molecule has 2 nitrogen and oxygen atoms in total. The number of hydrogen-bond donors (Lipinski definition) is 1. The molecule has 86 valence electrons. The van der Waals surface area contributed by atoms with Gasteiger partial charge in [0.1, 0.15) is 0 Å². The van der Waals surface area contributed by atoms with Gasteiger partial charge in [0.15, 0.2) is 0 Å². The van der Waals surface area contributed by atoms with Gasteiger partial charge in [0.2, 0.25) is 0 Å². The predicted molar refractivity (Wildman–Crippen MR) is 69.8 cm³/mol. The summed E-state index contributed by atoms with van der Waals surface area (Å²) < 4.78 is 2.33. The highest BCUT2D eigenvalue weighted by molar-refractivity contribution is 5.84. The maximum absolute atomic E-state index is 5.59. The Morgan fingerprint density at radius 3 is 2.69 bits per heavy atom. The molecule has 2 heteroatoms. The number of aromatic nitrogens is 1. The van der Waals surface area contributed by atoms with Crippen LogP contribution < -0.4 is 5.73 Å². The average Bonchev–Trinajstić information content (AvgIpc) is 2.57. The summed E-state index contributed by atoms with van der Waals surface area (Å²) in [5.74, 6) is 0. The van der Waals surface area contributed by atoms with Crippen LogP contribution in [-0.4, -0.2) is 11.1 Å². The summed E-state index contributed by atoms with van der Waals surface area (Å²) in [6, 6.07) is 7.19. The third kappa shape index (κ3) is 1.85. The number of hydrogen-bond acceptors (Lipinski definition) is 1. The molecular weight excluding hydrogens is 196 g/mol. The molecule has 0 aliphatic rings. The molecule has 1 aromatic carbocycles. The molecule has 2 aromatic rings. The molecule has 0 unspecified atom stereocenters. The first-order valence-electron chi connectivity index (χ1n) is 5.93. The number of nitrogens with zero attached hydrogens (tertiary/aromatic N) is 1. The molecule has 0 atom stereocenters. The summed E-state index contributed by atoms with van der Waals surface area (Å²) in [4.78, 5) is 0. The normalized spacial score (nSPS) is 11.6. The Balaban J connectivity index is 2.57. The zero-order valence-corrected chi connectivity index (χ0v) is 10.3. The monoisotopic (exact) mass is 216 g/mol. The molecule has 0 bridgehead atoms. The van der Waals surface area contributed by atoms with Crippen molar-refractivity contribution in [2.24, 2.45) is 5.73 Å². The highest BCUT2D eigenvalue weighted by atomic mass is 15.0. The van der Waals surface area contributed by atoms with Gasteiger partial charge in [-0.2, -0.15) is 0 Å². The van der Waals surface area contributed by atoms with Gasteiger partial charge >= 0.3 is 0 Å². The van der Waals surface area contributed by atoms with E-state index >= 15 is 0 Å². The van der Waals surface area contributed by atoms with E-state index in [4.69, 9.17) is 5.73 Å². The lowest BCUT2D eigenvalue weighted by atomic mass is 10.1. The van der Waals surface area contributed by atoms with Crippen molar-refractivity contribution >= 4 is 10.9 Å². The van der Waals surface area contributed by atoms with Crippen LogP contribution in [0.2, 0.25) is 0 Å². The molecule has 0 aliphatic heterocycles. The minimum atomic E-state index is 0.511. The topological polar surface area (TPSA) is 30.9 Å². The van der Waals surface area contributed by atoms with E-state index in [0.717, 1.165) is 13.0 Å². The molecule has 1 heterocycles. The first kappa shape index (κ1) is 11.2. The van der Waals surface area contributed by atoms with E-state index in [1.54, 1.807) is 0 Å². The van der Waals surface area contributed by atoms with Crippen molar-refractivity contribution in [2.75, 3.05) is 6.54 Å². The molecule has 1 aromatic heterocycles. The molecule has 0 saturated heterocycles. The quantitative estimate of drug-likeness (QED) is 0.840. The summed E-state index contributed by atoms with van der Waals surface area (Å²) in [6.45, 7) is 7.32. The Hall–Kier alpha value is -1.28. The first-order valence-corrected chi connectivity index (χ1v) is 5.93. The third-order valence-electron chi connectivity index (χ3n) is 3.09. The van der Waals surface area contributed by atoms with E-state index in [9.17, 15) is 0 Å². The third-order valence-corrected chi connectivity index (χ3v) is 3.09. The number of aryl methyl sites for hydroxylation is 1. The highest BCUT2D eigenvalue weighted by Crippen LogP contribution is 2.25. The number of fused-ring (bicyclic) bond motifs is 1. The fourth-order valence-corrected chi connectivity index (χ4v) is 2.22. The van der Waals surface area contributed by atoms with Gasteiger partial charge in [0.05, 0.1) is 0 Å². The molecule has 0 aliphatic carbocycles. The van der Waals surface area contributed by atoms with E-state index in [1.807, 2.05) is 0 Å². The summed E-state index contributed by atoms with van der Waals surface area (Å²) in [5.41, 5.74) is 9.60. The van der Waals surface area contributed by atoms with Crippen LogP contribution in [0.5, 0.6) is 0 Å². The van der Waals surface area contributed by atoms with Crippen molar-refractivity contribution in [3.63, 3.8) is 0 Å². The summed E-state index contributed by atoms with van der Waals surface area (Å²) >= 11 is 0. The second-order valence-corrected chi connectivity index (χ2v) is 4.70. The van der Waals surface area contributed by atoms with Crippen LogP contribution in [-0.2, 0) is 6.42 Å². The molecule has 0 radical (unpaired) electrons. The molecule has 2 rings (SSSR count). The van der Waals surface area contributed by atoms with Crippen molar-refractivity contribution in [3.05, 3.63) is 35.5 Å². The molecular formula is C14H20N2. The standard InChI is InChI=1S/C14H20N2/c1-10(2)16-9-11(3)13-8-12(6-7-15)4-5-14(13)16/h4-5,8-10H,6-7,15H2,1-3H3. The van der Waals surface area contributed by atoms with Crippen LogP contribution >= 0.6 is 0 Å². The average molecular weight is 216 g/mol. The fourth-order valence-electron chi connectivity index (χ4n) is 2.22. The second-order valence-electron chi connectivity index (χ2n) is 4.70. The van der Waals surface area contributed by atoms with Crippen molar-refractivity contribution in [2.45, 2.75) is 33.2 Å².